The lowest BCUT2D eigenvalue weighted by atomic mass is 10.1. The van der Waals surface area contributed by atoms with Crippen LogP contribution in [0.4, 0.5) is 5.69 Å². The number of hydrogen-bond donors (Lipinski definition) is 0. The van der Waals surface area contributed by atoms with Crippen LogP contribution in [0.15, 0.2) is 48.5 Å². The van der Waals surface area contributed by atoms with Gasteiger partial charge in [0.1, 0.15) is 0 Å². The van der Waals surface area contributed by atoms with E-state index in [4.69, 9.17) is 4.84 Å². The first kappa shape index (κ1) is 16.6. The van der Waals surface area contributed by atoms with E-state index in [1.807, 2.05) is 0 Å². The van der Waals surface area contributed by atoms with E-state index in [0.717, 1.165) is 4.90 Å². The van der Waals surface area contributed by atoms with Crippen LogP contribution >= 0.6 is 0 Å². The second kappa shape index (κ2) is 6.17. The van der Waals surface area contributed by atoms with Crippen molar-refractivity contribution in [3.05, 3.63) is 65.2 Å². The topological polar surface area (TPSA) is 101 Å². The van der Waals surface area contributed by atoms with Crippen molar-refractivity contribution >= 4 is 35.3 Å². The van der Waals surface area contributed by atoms with Gasteiger partial charge in [0.25, 0.3) is 11.8 Å². The zero-order chi connectivity index (χ0) is 19.1. The lowest BCUT2D eigenvalue weighted by Gasteiger charge is -2.15. The van der Waals surface area contributed by atoms with E-state index < -0.39 is 17.8 Å². The van der Waals surface area contributed by atoms with Gasteiger partial charge in [-0.15, -0.1) is 0 Å². The van der Waals surface area contributed by atoms with E-state index in [0.29, 0.717) is 10.8 Å². The molecular formula is C19H12N2O6. The average Bonchev–Trinajstić information content (AvgIpc) is 3.14. The molecule has 134 valence electrons. The highest BCUT2D eigenvalue weighted by Gasteiger charge is 2.39. The minimum atomic E-state index is -0.907. The molecule has 4 amide bonds. The number of hydrogen-bond acceptors (Lipinski definition) is 6. The van der Waals surface area contributed by atoms with Gasteiger partial charge in [-0.2, -0.15) is 0 Å². The zero-order valence-corrected chi connectivity index (χ0v) is 13.9. The van der Waals surface area contributed by atoms with Gasteiger partial charge in [-0.3, -0.25) is 24.1 Å². The number of rotatable bonds is 3. The number of carbonyl (C=O) groups is 5. The Hall–Kier alpha value is -3.81. The van der Waals surface area contributed by atoms with Crippen LogP contribution in [0.1, 0.15) is 43.9 Å². The fraction of sp³-hybridized carbons (Fsp3) is 0.105. The Balaban J connectivity index is 1.51. The predicted molar refractivity (Wildman–Crippen MR) is 90.5 cm³/mol. The van der Waals surface area contributed by atoms with Crippen molar-refractivity contribution in [1.82, 2.24) is 5.06 Å². The summed E-state index contributed by atoms with van der Waals surface area (Å²) in [6, 6.07) is 11.7. The number of amides is 4. The molecule has 0 bridgehead atoms. The summed E-state index contributed by atoms with van der Waals surface area (Å²) in [5.74, 6) is -2.94. The number of benzene rings is 2. The molecule has 2 aromatic carbocycles. The third kappa shape index (κ3) is 2.67. The molecule has 0 radical (unpaired) electrons. The first-order valence-electron chi connectivity index (χ1n) is 8.13. The third-order valence-corrected chi connectivity index (χ3v) is 4.34. The summed E-state index contributed by atoms with van der Waals surface area (Å²) in [5.41, 5.74) is 0.739. The Morgan fingerprint density at radius 1 is 0.778 bits per heavy atom. The molecule has 1 fully saturated rings. The van der Waals surface area contributed by atoms with Crippen LogP contribution < -0.4 is 4.90 Å². The summed E-state index contributed by atoms with van der Waals surface area (Å²) < 4.78 is 0. The summed E-state index contributed by atoms with van der Waals surface area (Å²) in [5, 5.41) is 0.425. The molecule has 0 aromatic heterocycles. The molecule has 0 unspecified atom stereocenters. The van der Waals surface area contributed by atoms with Crippen LogP contribution in [0.2, 0.25) is 0 Å². The molecule has 0 saturated carbocycles. The molecule has 4 rings (SSSR count). The molecule has 0 N–H and O–H groups in total. The number of carbonyl (C=O) groups excluding carboxylic acids is 5. The molecule has 1 saturated heterocycles. The van der Waals surface area contributed by atoms with Crippen LogP contribution in [0.3, 0.4) is 0 Å². The van der Waals surface area contributed by atoms with Crippen molar-refractivity contribution in [1.29, 1.82) is 0 Å². The largest absolute Gasteiger partial charge is 0.363 e. The fourth-order valence-corrected chi connectivity index (χ4v) is 3.00. The van der Waals surface area contributed by atoms with Crippen molar-refractivity contribution in [2.45, 2.75) is 12.8 Å². The molecule has 0 spiro atoms. The molecule has 2 heterocycles. The SMILES string of the molecule is O=C(ON1C(=O)c2ccccc2C1=O)c1ccc(N2C(=O)CCC2=O)cc1. The van der Waals surface area contributed by atoms with E-state index >= 15 is 0 Å². The molecule has 2 aliphatic heterocycles. The van der Waals surface area contributed by atoms with Gasteiger partial charge in [0.15, 0.2) is 0 Å². The van der Waals surface area contributed by atoms with Gasteiger partial charge in [-0.1, -0.05) is 17.2 Å². The third-order valence-electron chi connectivity index (χ3n) is 4.34. The van der Waals surface area contributed by atoms with Gasteiger partial charge in [-0.25, -0.2) is 4.79 Å². The van der Waals surface area contributed by atoms with Gasteiger partial charge >= 0.3 is 5.97 Å². The molecular weight excluding hydrogens is 352 g/mol. The Bertz CT molecular complexity index is 960. The van der Waals surface area contributed by atoms with Crippen LogP contribution in [-0.2, 0) is 14.4 Å². The highest BCUT2D eigenvalue weighted by molar-refractivity contribution is 6.21. The fourth-order valence-electron chi connectivity index (χ4n) is 3.00. The number of fused-ring (bicyclic) bond motifs is 1. The van der Waals surface area contributed by atoms with E-state index in [-0.39, 0.29) is 41.3 Å². The average molecular weight is 364 g/mol. The maximum absolute atomic E-state index is 12.3. The lowest BCUT2D eigenvalue weighted by molar-refractivity contribution is -0.121. The highest BCUT2D eigenvalue weighted by atomic mass is 16.7. The monoisotopic (exact) mass is 364 g/mol. The standard InChI is InChI=1S/C19H12N2O6/c22-15-9-10-16(23)20(15)12-7-5-11(6-8-12)19(26)27-21-17(24)13-3-1-2-4-14(13)18(21)25/h1-8H,9-10H2. The van der Waals surface area contributed by atoms with Crippen molar-refractivity contribution in [3.8, 4) is 0 Å². The maximum Gasteiger partial charge on any atom is 0.363 e. The number of anilines is 1. The minimum Gasteiger partial charge on any atom is -0.324 e. The molecule has 2 aromatic rings. The normalized spacial score (nSPS) is 16.1. The van der Waals surface area contributed by atoms with Crippen molar-refractivity contribution in [2.24, 2.45) is 0 Å². The van der Waals surface area contributed by atoms with Gasteiger partial charge < -0.3 is 4.84 Å². The van der Waals surface area contributed by atoms with Crippen molar-refractivity contribution < 1.29 is 28.8 Å². The number of nitrogens with zero attached hydrogens (tertiary/aromatic N) is 2. The summed E-state index contributed by atoms with van der Waals surface area (Å²) in [6.07, 6.45) is 0.310. The molecule has 0 aliphatic carbocycles. The van der Waals surface area contributed by atoms with Gasteiger partial charge in [-0.05, 0) is 36.4 Å². The smallest absolute Gasteiger partial charge is 0.324 e. The Labute approximate surface area is 152 Å². The highest BCUT2D eigenvalue weighted by Crippen LogP contribution is 2.25. The van der Waals surface area contributed by atoms with Gasteiger partial charge in [0.05, 0.1) is 22.4 Å². The quantitative estimate of drug-likeness (QED) is 0.769. The lowest BCUT2D eigenvalue weighted by Crippen LogP contribution is -2.32. The van der Waals surface area contributed by atoms with Crippen LogP contribution in [-0.4, -0.2) is 34.7 Å². The first-order chi connectivity index (χ1) is 13.0. The number of imide groups is 2. The number of hydroxylamine groups is 2. The summed E-state index contributed by atoms with van der Waals surface area (Å²) in [4.78, 5) is 66.2. The summed E-state index contributed by atoms with van der Waals surface area (Å²) in [7, 11) is 0. The van der Waals surface area contributed by atoms with Crippen LogP contribution in [0.25, 0.3) is 0 Å². The molecule has 2 aliphatic rings. The van der Waals surface area contributed by atoms with Crippen molar-refractivity contribution in [2.75, 3.05) is 4.90 Å². The maximum atomic E-state index is 12.3. The first-order valence-corrected chi connectivity index (χ1v) is 8.13. The summed E-state index contributed by atoms with van der Waals surface area (Å²) in [6.45, 7) is 0. The van der Waals surface area contributed by atoms with E-state index in [1.54, 1.807) is 12.1 Å². The molecule has 27 heavy (non-hydrogen) atoms. The van der Waals surface area contributed by atoms with Crippen molar-refractivity contribution in [3.63, 3.8) is 0 Å². The zero-order valence-electron chi connectivity index (χ0n) is 13.9. The van der Waals surface area contributed by atoms with E-state index in [1.165, 1.54) is 36.4 Å². The van der Waals surface area contributed by atoms with Gasteiger partial charge in [0.2, 0.25) is 11.8 Å². The van der Waals surface area contributed by atoms with E-state index in [2.05, 4.69) is 0 Å². The second-order valence-corrected chi connectivity index (χ2v) is 6.00. The molecule has 0 atom stereocenters. The van der Waals surface area contributed by atoms with Crippen LogP contribution in [0, 0.1) is 0 Å². The van der Waals surface area contributed by atoms with Gasteiger partial charge in [0, 0.05) is 12.8 Å². The molecule has 8 heteroatoms. The van der Waals surface area contributed by atoms with E-state index in [9.17, 15) is 24.0 Å². The van der Waals surface area contributed by atoms with Crippen LogP contribution in [0.5, 0.6) is 0 Å². The molecule has 8 nitrogen and oxygen atoms in total. The summed E-state index contributed by atoms with van der Waals surface area (Å²) >= 11 is 0. The Morgan fingerprint density at radius 2 is 1.30 bits per heavy atom. The minimum absolute atomic E-state index is 0.0643. The second-order valence-electron chi connectivity index (χ2n) is 6.00. The predicted octanol–water partition coefficient (Wildman–Crippen LogP) is 1.71. The Morgan fingerprint density at radius 3 is 1.81 bits per heavy atom. The Kier molecular flexibility index (Phi) is 3.80.